The lowest BCUT2D eigenvalue weighted by atomic mass is 9.97. The van der Waals surface area contributed by atoms with Gasteiger partial charge in [0.1, 0.15) is 0 Å². The van der Waals surface area contributed by atoms with Crippen molar-refractivity contribution in [3.8, 4) is 0 Å². The summed E-state index contributed by atoms with van der Waals surface area (Å²) in [6.07, 6.45) is 1.41. The van der Waals surface area contributed by atoms with Crippen LogP contribution in [0.5, 0.6) is 0 Å². The van der Waals surface area contributed by atoms with Gasteiger partial charge in [0.05, 0.1) is 0 Å². The van der Waals surface area contributed by atoms with E-state index >= 15 is 0 Å². The van der Waals surface area contributed by atoms with Crippen LogP contribution >= 0.6 is 0 Å². The van der Waals surface area contributed by atoms with Crippen molar-refractivity contribution in [2.45, 2.75) is 26.3 Å². The molecule has 0 aromatic rings. The highest BCUT2D eigenvalue weighted by molar-refractivity contribution is 4.80. The van der Waals surface area contributed by atoms with Gasteiger partial charge in [-0.25, -0.2) is 0 Å². The number of rotatable bonds is 4. The minimum atomic E-state index is 0.724. The Morgan fingerprint density at radius 2 is 1.69 bits per heavy atom. The topological polar surface area (TPSA) is 9.72 Å². The van der Waals surface area contributed by atoms with Gasteiger partial charge in [-0.2, -0.15) is 0 Å². The predicted molar refractivity (Wildman–Crippen MR) is 68.8 cm³/mol. The van der Waals surface area contributed by atoms with E-state index in [2.05, 4.69) is 35.6 Å². The summed E-state index contributed by atoms with van der Waals surface area (Å²) in [6.45, 7) is 13.7. The molecule has 2 rings (SSSR count). The Balaban J connectivity index is 1.58. The van der Waals surface area contributed by atoms with Gasteiger partial charge in [-0.3, -0.25) is 4.90 Å². The zero-order chi connectivity index (χ0) is 11.5. The number of hydrogen-bond donors (Lipinski definition) is 0. The molecular formula is C13H27N3. The van der Waals surface area contributed by atoms with Crippen LogP contribution in [-0.4, -0.2) is 73.6 Å². The average molecular weight is 225 g/mol. The first-order chi connectivity index (χ1) is 7.65. The highest BCUT2D eigenvalue weighted by Gasteiger charge is 2.24. The molecule has 0 amide bonds. The first-order valence-corrected chi connectivity index (χ1v) is 6.80. The average Bonchev–Trinajstić information content (AvgIpc) is 2.23. The largest absolute Gasteiger partial charge is 0.306 e. The molecule has 2 aliphatic heterocycles. The summed E-state index contributed by atoms with van der Waals surface area (Å²) in [4.78, 5) is 7.66. The van der Waals surface area contributed by atoms with Crippen molar-refractivity contribution in [2.75, 3.05) is 52.9 Å². The molecule has 94 valence electrons. The molecule has 2 aliphatic rings. The van der Waals surface area contributed by atoms with E-state index in [0.717, 1.165) is 12.0 Å². The van der Waals surface area contributed by atoms with E-state index in [-0.39, 0.29) is 0 Å². The van der Waals surface area contributed by atoms with Gasteiger partial charge in [0.2, 0.25) is 0 Å². The highest BCUT2D eigenvalue weighted by Crippen LogP contribution is 2.17. The van der Waals surface area contributed by atoms with Crippen molar-refractivity contribution >= 4 is 0 Å². The zero-order valence-corrected chi connectivity index (χ0v) is 11.2. The van der Waals surface area contributed by atoms with E-state index in [9.17, 15) is 0 Å². The third kappa shape index (κ3) is 3.19. The first-order valence-electron chi connectivity index (χ1n) is 6.80. The summed E-state index contributed by atoms with van der Waals surface area (Å²) < 4.78 is 0. The summed E-state index contributed by atoms with van der Waals surface area (Å²) in [7, 11) is 2.22. The third-order valence-electron chi connectivity index (χ3n) is 4.13. The van der Waals surface area contributed by atoms with E-state index < -0.39 is 0 Å². The van der Waals surface area contributed by atoms with E-state index in [4.69, 9.17) is 0 Å². The summed E-state index contributed by atoms with van der Waals surface area (Å²) in [5.41, 5.74) is 0. The van der Waals surface area contributed by atoms with Crippen molar-refractivity contribution in [3.05, 3.63) is 0 Å². The molecular weight excluding hydrogens is 198 g/mol. The normalized spacial score (nSPS) is 26.2. The molecule has 3 heteroatoms. The van der Waals surface area contributed by atoms with Crippen molar-refractivity contribution in [2.24, 2.45) is 5.92 Å². The molecule has 0 atom stereocenters. The maximum Gasteiger partial charge on any atom is 0.0113 e. The smallest absolute Gasteiger partial charge is 0.0113 e. The lowest BCUT2D eigenvalue weighted by Gasteiger charge is -2.40. The standard InChI is InChI=1S/C13H27N3/c1-12(2)16-8-6-15(7-9-16)5-4-13-10-14(3)11-13/h12-13H,4-11H2,1-3H3. The van der Waals surface area contributed by atoms with Crippen LogP contribution < -0.4 is 0 Å². The number of hydrogen-bond acceptors (Lipinski definition) is 3. The van der Waals surface area contributed by atoms with Gasteiger partial charge in [0.15, 0.2) is 0 Å². The first kappa shape index (κ1) is 12.3. The maximum absolute atomic E-state index is 2.65. The molecule has 0 spiro atoms. The van der Waals surface area contributed by atoms with Crippen molar-refractivity contribution in [1.82, 2.24) is 14.7 Å². The quantitative estimate of drug-likeness (QED) is 0.706. The van der Waals surface area contributed by atoms with Crippen molar-refractivity contribution < 1.29 is 0 Å². The second-order valence-electron chi connectivity index (χ2n) is 5.85. The molecule has 2 heterocycles. The van der Waals surface area contributed by atoms with E-state index in [1.165, 1.54) is 52.2 Å². The number of nitrogens with zero attached hydrogens (tertiary/aromatic N) is 3. The van der Waals surface area contributed by atoms with Crippen LogP contribution in [-0.2, 0) is 0 Å². The molecule has 16 heavy (non-hydrogen) atoms. The molecule has 2 saturated heterocycles. The molecule has 0 unspecified atom stereocenters. The minimum absolute atomic E-state index is 0.724. The van der Waals surface area contributed by atoms with Crippen LogP contribution in [0.4, 0.5) is 0 Å². The highest BCUT2D eigenvalue weighted by atomic mass is 15.3. The molecule has 0 bridgehead atoms. The molecule has 2 fully saturated rings. The van der Waals surface area contributed by atoms with Gasteiger partial charge in [-0.05, 0) is 39.8 Å². The van der Waals surface area contributed by atoms with E-state index in [1.54, 1.807) is 0 Å². The third-order valence-corrected chi connectivity index (χ3v) is 4.13. The minimum Gasteiger partial charge on any atom is -0.306 e. The predicted octanol–water partition coefficient (Wildman–Crippen LogP) is 0.964. The molecule has 0 aliphatic carbocycles. The molecule has 3 nitrogen and oxygen atoms in total. The summed E-state index contributed by atoms with van der Waals surface area (Å²) >= 11 is 0. The monoisotopic (exact) mass is 225 g/mol. The zero-order valence-electron chi connectivity index (χ0n) is 11.2. The SMILES string of the molecule is CC(C)N1CCN(CCC2CN(C)C2)CC1. The summed E-state index contributed by atoms with van der Waals surface area (Å²) in [6, 6.07) is 0.724. The van der Waals surface area contributed by atoms with Crippen molar-refractivity contribution in [1.29, 1.82) is 0 Å². The Bertz CT molecular complexity index is 203. The van der Waals surface area contributed by atoms with Gasteiger partial charge < -0.3 is 9.80 Å². The second kappa shape index (κ2) is 5.48. The Morgan fingerprint density at radius 3 is 2.19 bits per heavy atom. The maximum atomic E-state index is 2.65. The van der Waals surface area contributed by atoms with Crippen LogP contribution in [0.3, 0.4) is 0 Å². The van der Waals surface area contributed by atoms with Gasteiger partial charge in [-0.15, -0.1) is 0 Å². The van der Waals surface area contributed by atoms with Gasteiger partial charge in [-0.1, -0.05) is 0 Å². The van der Waals surface area contributed by atoms with E-state index in [1.807, 2.05) is 0 Å². The molecule has 0 aromatic carbocycles. The van der Waals surface area contributed by atoms with Crippen LogP contribution in [0.15, 0.2) is 0 Å². The fourth-order valence-corrected chi connectivity index (χ4v) is 2.88. The Hall–Kier alpha value is -0.120. The molecule has 0 saturated carbocycles. The van der Waals surface area contributed by atoms with Gasteiger partial charge in [0.25, 0.3) is 0 Å². The van der Waals surface area contributed by atoms with Crippen LogP contribution in [0.25, 0.3) is 0 Å². The fourth-order valence-electron chi connectivity index (χ4n) is 2.88. The Labute approximate surface area is 100 Å². The van der Waals surface area contributed by atoms with Crippen LogP contribution in [0, 0.1) is 5.92 Å². The fraction of sp³-hybridized carbons (Fsp3) is 1.00. The van der Waals surface area contributed by atoms with Crippen LogP contribution in [0.1, 0.15) is 20.3 Å². The lowest BCUT2D eigenvalue weighted by molar-refractivity contribution is 0.0806. The number of likely N-dealkylation sites (tertiary alicyclic amines) is 1. The van der Waals surface area contributed by atoms with E-state index in [0.29, 0.717) is 0 Å². The Morgan fingerprint density at radius 1 is 1.06 bits per heavy atom. The van der Waals surface area contributed by atoms with Gasteiger partial charge in [0, 0.05) is 45.3 Å². The Kier molecular flexibility index (Phi) is 4.22. The summed E-state index contributed by atoms with van der Waals surface area (Å²) in [5.74, 6) is 0.980. The van der Waals surface area contributed by atoms with Crippen LogP contribution in [0.2, 0.25) is 0 Å². The molecule has 0 radical (unpaired) electrons. The molecule has 0 N–H and O–H groups in total. The lowest BCUT2D eigenvalue weighted by Crippen LogP contribution is -2.50. The van der Waals surface area contributed by atoms with Crippen molar-refractivity contribution in [3.63, 3.8) is 0 Å². The number of piperazine rings is 1. The molecule has 0 aromatic heterocycles. The summed E-state index contributed by atoms with van der Waals surface area (Å²) in [5, 5.41) is 0. The van der Waals surface area contributed by atoms with Gasteiger partial charge >= 0.3 is 0 Å². The second-order valence-corrected chi connectivity index (χ2v) is 5.85.